The summed E-state index contributed by atoms with van der Waals surface area (Å²) in [6, 6.07) is 16.7. The number of imidazole rings is 1. The van der Waals surface area contributed by atoms with E-state index in [0.717, 1.165) is 27.5 Å². The second-order valence-electron chi connectivity index (χ2n) is 5.77. The number of rotatable bonds is 2. The van der Waals surface area contributed by atoms with Gasteiger partial charge in [0.1, 0.15) is 11.5 Å². The highest BCUT2D eigenvalue weighted by atomic mass is 32.1. The van der Waals surface area contributed by atoms with E-state index in [1.54, 1.807) is 11.3 Å². The van der Waals surface area contributed by atoms with Gasteiger partial charge >= 0.3 is 0 Å². The first-order valence-electron chi connectivity index (χ1n) is 7.53. The van der Waals surface area contributed by atoms with Crippen LogP contribution in [0.4, 0.5) is 5.82 Å². The molecule has 2 aromatic carbocycles. The molecule has 0 aliphatic carbocycles. The number of hydrogen-bond donors (Lipinski definition) is 1. The zero-order valence-electron chi connectivity index (χ0n) is 13.1. The lowest BCUT2D eigenvalue weighted by Gasteiger charge is -2.06. The summed E-state index contributed by atoms with van der Waals surface area (Å²) in [4.78, 5) is 5.70. The number of fused-ring (bicyclic) bond motifs is 1. The summed E-state index contributed by atoms with van der Waals surface area (Å²) in [7, 11) is 0. The van der Waals surface area contributed by atoms with E-state index in [1.807, 2.05) is 18.2 Å². The first-order valence-corrected chi connectivity index (χ1v) is 8.41. The topological polar surface area (TPSA) is 43.3 Å². The van der Waals surface area contributed by atoms with Crippen molar-refractivity contribution in [1.29, 1.82) is 0 Å². The SMILES string of the molecule is Cc1ccc(-c2nc3scc(-c4ccccc4)n3c2N)c(C)c1. The minimum atomic E-state index is 0.701. The van der Waals surface area contributed by atoms with Crippen molar-refractivity contribution in [3.05, 3.63) is 65.0 Å². The lowest BCUT2D eigenvalue weighted by Crippen LogP contribution is -1.96. The number of hydrogen-bond acceptors (Lipinski definition) is 3. The van der Waals surface area contributed by atoms with E-state index in [0.29, 0.717) is 5.82 Å². The van der Waals surface area contributed by atoms with Crippen LogP contribution in [0.25, 0.3) is 27.5 Å². The summed E-state index contributed by atoms with van der Waals surface area (Å²) in [5, 5.41) is 2.11. The van der Waals surface area contributed by atoms with Crippen LogP contribution >= 0.6 is 11.3 Å². The molecule has 2 N–H and O–H groups in total. The maximum absolute atomic E-state index is 6.47. The predicted molar refractivity (Wildman–Crippen MR) is 97.8 cm³/mol. The van der Waals surface area contributed by atoms with Gasteiger partial charge in [-0.3, -0.25) is 4.40 Å². The maximum atomic E-state index is 6.47. The van der Waals surface area contributed by atoms with Gasteiger partial charge in [-0.1, -0.05) is 54.1 Å². The third kappa shape index (κ3) is 2.23. The molecule has 4 heteroatoms. The lowest BCUT2D eigenvalue weighted by atomic mass is 10.0. The fourth-order valence-electron chi connectivity index (χ4n) is 2.97. The lowest BCUT2D eigenvalue weighted by molar-refractivity contribution is 1.24. The van der Waals surface area contributed by atoms with E-state index in [9.17, 15) is 0 Å². The quantitative estimate of drug-likeness (QED) is 0.569. The number of nitrogens with zero attached hydrogens (tertiary/aromatic N) is 2. The summed E-state index contributed by atoms with van der Waals surface area (Å²) >= 11 is 1.62. The van der Waals surface area contributed by atoms with Crippen LogP contribution in [0.2, 0.25) is 0 Å². The van der Waals surface area contributed by atoms with Gasteiger partial charge in [-0.2, -0.15) is 0 Å². The van der Waals surface area contributed by atoms with E-state index < -0.39 is 0 Å². The van der Waals surface area contributed by atoms with Crippen molar-refractivity contribution in [1.82, 2.24) is 9.38 Å². The Labute approximate surface area is 139 Å². The second-order valence-corrected chi connectivity index (χ2v) is 6.61. The number of nitrogen functional groups attached to an aromatic ring is 1. The summed E-state index contributed by atoms with van der Waals surface area (Å²) in [6.07, 6.45) is 0. The molecule has 4 aromatic rings. The van der Waals surface area contributed by atoms with Gasteiger partial charge < -0.3 is 5.73 Å². The molecule has 2 aromatic heterocycles. The van der Waals surface area contributed by atoms with Gasteiger partial charge in [-0.15, -0.1) is 11.3 Å². The van der Waals surface area contributed by atoms with Crippen molar-refractivity contribution in [3.63, 3.8) is 0 Å². The Morgan fingerprint density at radius 2 is 1.83 bits per heavy atom. The smallest absolute Gasteiger partial charge is 0.196 e. The largest absolute Gasteiger partial charge is 0.383 e. The van der Waals surface area contributed by atoms with Crippen LogP contribution in [-0.4, -0.2) is 9.38 Å². The molecule has 3 nitrogen and oxygen atoms in total. The number of benzene rings is 2. The van der Waals surface area contributed by atoms with Gasteiger partial charge in [0.15, 0.2) is 4.96 Å². The third-order valence-electron chi connectivity index (χ3n) is 4.11. The molecule has 0 unspecified atom stereocenters. The molecule has 0 amide bonds. The summed E-state index contributed by atoms with van der Waals surface area (Å²) in [5.41, 5.74) is 13.1. The molecule has 0 aliphatic rings. The number of aromatic nitrogens is 2. The molecule has 0 saturated heterocycles. The number of aryl methyl sites for hydroxylation is 2. The van der Waals surface area contributed by atoms with Crippen LogP contribution in [0.1, 0.15) is 11.1 Å². The Bertz CT molecular complexity index is 996. The molecule has 0 atom stereocenters. The van der Waals surface area contributed by atoms with E-state index >= 15 is 0 Å². The Balaban J connectivity index is 1.94. The average molecular weight is 319 g/mol. The Hall–Kier alpha value is -2.59. The molecular formula is C19H17N3S. The molecule has 0 saturated carbocycles. The molecule has 114 valence electrons. The molecule has 2 heterocycles. The molecule has 0 fully saturated rings. The van der Waals surface area contributed by atoms with Gasteiger partial charge in [0.2, 0.25) is 0 Å². The molecule has 23 heavy (non-hydrogen) atoms. The van der Waals surface area contributed by atoms with Gasteiger partial charge in [-0.05, 0) is 25.0 Å². The highest BCUT2D eigenvalue weighted by Gasteiger charge is 2.17. The highest BCUT2D eigenvalue weighted by molar-refractivity contribution is 7.15. The van der Waals surface area contributed by atoms with Gasteiger partial charge in [0.25, 0.3) is 0 Å². The van der Waals surface area contributed by atoms with Crippen molar-refractivity contribution in [2.75, 3.05) is 5.73 Å². The Morgan fingerprint density at radius 1 is 1.04 bits per heavy atom. The molecule has 0 aliphatic heterocycles. The zero-order valence-corrected chi connectivity index (χ0v) is 13.9. The Morgan fingerprint density at radius 3 is 2.57 bits per heavy atom. The van der Waals surface area contributed by atoms with Crippen LogP contribution in [0, 0.1) is 13.8 Å². The average Bonchev–Trinajstić information content (AvgIpc) is 3.09. The normalized spacial score (nSPS) is 11.2. The third-order valence-corrected chi connectivity index (χ3v) is 4.93. The maximum Gasteiger partial charge on any atom is 0.196 e. The standard InChI is InChI=1S/C19H17N3S/c1-12-8-9-15(13(2)10-12)17-18(20)22-16(11-23-19(22)21-17)14-6-4-3-5-7-14/h3-11H,20H2,1-2H3. The summed E-state index contributed by atoms with van der Waals surface area (Å²) in [6.45, 7) is 4.20. The van der Waals surface area contributed by atoms with Crippen molar-refractivity contribution < 1.29 is 0 Å². The minimum absolute atomic E-state index is 0.701. The number of nitrogens with two attached hydrogens (primary N) is 1. The summed E-state index contributed by atoms with van der Waals surface area (Å²) < 4.78 is 2.05. The van der Waals surface area contributed by atoms with E-state index in [1.165, 1.54) is 11.1 Å². The summed E-state index contributed by atoms with van der Waals surface area (Å²) in [5.74, 6) is 0.701. The zero-order chi connectivity index (χ0) is 16.0. The fourth-order valence-corrected chi connectivity index (χ4v) is 3.87. The van der Waals surface area contributed by atoms with E-state index in [2.05, 4.69) is 54.0 Å². The van der Waals surface area contributed by atoms with E-state index in [4.69, 9.17) is 10.7 Å². The van der Waals surface area contributed by atoms with Crippen molar-refractivity contribution in [2.24, 2.45) is 0 Å². The Kier molecular flexibility index (Phi) is 3.20. The molecule has 0 spiro atoms. The monoisotopic (exact) mass is 319 g/mol. The van der Waals surface area contributed by atoms with Crippen molar-refractivity contribution >= 4 is 22.1 Å². The second kappa shape index (κ2) is 5.25. The fraction of sp³-hybridized carbons (Fsp3) is 0.105. The molecule has 0 radical (unpaired) electrons. The van der Waals surface area contributed by atoms with Crippen LogP contribution in [0.3, 0.4) is 0 Å². The van der Waals surface area contributed by atoms with Gasteiger partial charge in [0.05, 0.1) is 5.69 Å². The molecule has 4 rings (SSSR count). The van der Waals surface area contributed by atoms with Crippen LogP contribution in [0.5, 0.6) is 0 Å². The highest BCUT2D eigenvalue weighted by Crippen LogP contribution is 2.35. The molecular weight excluding hydrogens is 302 g/mol. The van der Waals surface area contributed by atoms with Crippen LogP contribution < -0.4 is 5.73 Å². The van der Waals surface area contributed by atoms with Gasteiger partial charge in [0, 0.05) is 10.9 Å². The van der Waals surface area contributed by atoms with Crippen LogP contribution in [-0.2, 0) is 0 Å². The van der Waals surface area contributed by atoms with Crippen molar-refractivity contribution in [2.45, 2.75) is 13.8 Å². The first kappa shape index (κ1) is 14.0. The number of anilines is 1. The van der Waals surface area contributed by atoms with Crippen LogP contribution in [0.15, 0.2) is 53.9 Å². The van der Waals surface area contributed by atoms with Gasteiger partial charge in [-0.25, -0.2) is 4.98 Å². The molecule has 0 bridgehead atoms. The predicted octanol–water partition coefficient (Wildman–Crippen LogP) is 4.93. The van der Waals surface area contributed by atoms with E-state index in [-0.39, 0.29) is 0 Å². The minimum Gasteiger partial charge on any atom is -0.383 e. The van der Waals surface area contributed by atoms with Crippen molar-refractivity contribution in [3.8, 4) is 22.5 Å². The number of thiazole rings is 1. The first-order chi connectivity index (χ1) is 11.1.